The van der Waals surface area contributed by atoms with Crippen molar-refractivity contribution >= 4 is 0 Å². The maximum Gasteiger partial charge on any atom is 0.116 e. The Hall–Kier alpha value is -0.420. The van der Waals surface area contributed by atoms with Gasteiger partial charge in [-0.05, 0) is 67.2 Å². The van der Waals surface area contributed by atoms with Crippen molar-refractivity contribution in [1.82, 2.24) is 0 Å². The summed E-state index contributed by atoms with van der Waals surface area (Å²) in [4.78, 5) is 23.0. The molecule has 2 rings (SSSR count). The molecule has 24 heavy (non-hydrogen) atoms. The summed E-state index contributed by atoms with van der Waals surface area (Å²) >= 11 is 0. The van der Waals surface area contributed by atoms with Crippen molar-refractivity contribution in [3.8, 4) is 0 Å². The van der Waals surface area contributed by atoms with Crippen LogP contribution in [0.3, 0.4) is 0 Å². The Morgan fingerprint density at radius 2 is 0.917 bits per heavy atom. The van der Waals surface area contributed by atoms with E-state index >= 15 is 0 Å². The smallest absolute Gasteiger partial charge is 0.116 e. The first kappa shape index (κ1) is 19.9. The summed E-state index contributed by atoms with van der Waals surface area (Å²) in [6, 6.07) is 0. The SMILES string of the molecule is CC(C)(C=CC(C)(C)OOC1(C)CCCC1)OOC1(C)CCCC1. The van der Waals surface area contributed by atoms with Gasteiger partial charge in [0.05, 0.1) is 0 Å². The molecular formula is C20H36O4. The van der Waals surface area contributed by atoms with Gasteiger partial charge in [-0.3, -0.25) is 0 Å². The summed E-state index contributed by atoms with van der Waals surface area (Å²) in [5.74, 6) is 0. The molecule has 4 nitrogen and oxygen atoms in total. The molecule has 0 bridgehead atoms. The van der Waals surface area contributed by atoms with E-state index in [2.05, 4.69) is 13.8 Å². The van der Waals surface area contributed by atoms with Gasteiger partial charge in [0, 0.05) is 0 Å². The van der Waals surface area contributed by atoms with E-state index in [1.807, 2.05) is 39.8 Å². The van der Waals surface area contributed by atoms with Gasteiger partial charge in [-0.1, -0.05) is 37.8 Å². The first-order valence-corrected chi connectivity index (χ1v) is 9.47. The van der Waals surface area contributed by atoms with E-state index in [1.165, 1.54) is 25.7 Å². The number of rotatable bonds is 8. The van der Waals surface area contributed by atoms with Gasteiger partial charge < -0.3 is 0 Å². The molecule has 2 fully saturated rings. The summed E-state index contributed by atoms with van der Waals surface area (Å²) in [5.41, 5.74) is -1.30. The molecule has 4 heteroatoms. The predicted octanol–water partition coefficient (Wildman–Crippen LogP) is 5.66. The van der Waals surface area contributed by atoms with Crippen LogP contribution >= 0.6 is 0 Å². The Kier molecular flexibility index (Phi) is 6.17. The second kappa shape index (κ2) is 7.45. The number of hydrogen-bond donors (Lipinski definition) is 0. The van der Waals surface area contributed by atoms with Crippen LogP contribution in [0.4, 0.5) is 0 Å². The maximum atomic E-state index is 5.75. The summed E-state index contributed by atoms with van der Waals surface area (Å²) in [6.07, 6.45) is 13.1. The van der Waals surface area contributed by atoms with Gasteiger partial charge in [-0.15, -0.1) is 0 Å². The monoisotopic (exact) mass is 340 g/mol. The van der Waals surface area contributed by atoms with Crippen molar-refractivity contribution in [1.29, 1.82) is 0 Å². The highest BCUT2D eigenvalue weighted by Gasteiger charge is 2.35. The Morgan fingerprint density at radius 1 is 0.625 bits per heavy atom. The molecule has 0 spiro atoms. The molecule has 0 aliphatic heterocycles. The van der Waals surface area contributed by atoms with Crippen LogP contribution in [-0.2, 0) is 19.6 Å². The normalized spacial score (nSPS) is 24.1. The van der Waals surface area contributed by atoms with E-state index in [0.29, 0.717) is 0 Å². The topological polar surface area (TPSA) is 36.9 Å². The molecule has 140 valence electrons. The van der Waals surface area contributed by atoms with Gasteiger partial charge >= 0.3 is 0 Å². The highest BCUT2D eigenvalue weighted by atomic mass is 17.2. The van der Waals surface area contributed by atoms with E-state index in [9.17, 15) is 0 Å². The van der Waals surface area contributed by atoms with Gasteiger partial charge in [-0.25, -0.2) is 19.6 Å². The first-order chi connectivity index (χ1) is 11.0. The minimum absolute atomic E-state index is 0.142. The molecule has 0 aromatic carbocycles. The predicted molar refractivity (Wildman–Crippen MR) is 95.4 cm³/mol. The third-order valence-electron chi connectivity index (χ3n) is 5.12. The first-order valence-electron chi connectivity index (χ1n) is 9.47. The van der Waals surface area contributed by atoms with Crippen LogP contribution in [0.5, 0.6) is 0 Å². The summed E-state index contributed by atoms with van der Waals surface area (Å²) in [5, 5.41) is 0. The zero-order chi connectivity index (χ0) is 17.9. The fourth-order valence-electron chi connectivity index (χ4n) is 3.29. The molecule has 0 saturated heterocycles. The van der Waals surface area contributed by atoms with Crippen molar-refractivity contribution < 1.29 is 19.6 Å². The molecule has 0 amide bonds. The Balaban J connectivity index is 1.82. The molecule has 2 aliphatic rings. The number of hydrogen-bond acceptors (Lipinski definition) is 4. The molecule has 0 aromatic rings. The van der Waals surface area contributed by atoms with Crippen molar-refractivity contribution in [2.45, 2.75) is 115 Å². The Bertz CT molecular complexity index is 387. The van der Waals surface area contributed by atoms with Crippen LogP contribution in [0, 0.1) is 0 Å². The van der Waals surface area contributed by atoms with E-state index in [1.54, 1.807) is 0 Å². The minimum atomic E-state index is -0.510. The second-order valence-electron chi connectivity index (χ2n) is 9.19. The summed E-state index contributed by atoms with van der Waals surface area (Å²) in [6.45, 7) is 12.2. The Morgan fingerprint density at radius 3 is 1.21 bits per heavy atom. The summed E-state index contributed by atoms with van der Waals surface area (Å²) in [7, 11) is 0. The molecule has 2 aliphatic carbocycles. The Labute approximate surface area is 147 Å². The average molecular weight is 341 g/mol. The second-order valence-corrected chi connectivity index (χ2v) is 9.19. The molecular weight excluding hydrogens is 304 g/mol. The molecule has 0 unspecified atom stereocenters. The van der Waals surface area contributed by atoms with Gasteiger partial charge in [0.25, 0.3) is 0 Å². The quantitative estimate of drug-likeness (QED) is 0.324. The minimum Gasteiger partial charge on any atom is -0.229 e. The van der Waals surface area contributed by atoms with E-state index in [0.717, 1.165) is 25.7 Å². The van der Waals surface area contributed by atoms with Gasteiger partial charge in [0.2, 0.25) is 0 Å². The molecule has 0 radical (unpaired) electrons. The third-order valence-corrected chi connectivity index (χ3v) is 5.12. The lowest BCUT2D eigenvalue weighted by molar-refractivity contribution is -0.396. The largest absolute Gasteiger partial charge is 0.229 e. The molecule has 0 heterocycles. The lowest BCUT2D eigenvalue weighted by Crippen LogP contribution is -2.33. The zero-order valence-corrected chi connectivity index (χ0v) is 16.4. The maximum absolute atomic E-state index is 5.75. The van der Waals surface area contributed by atoms with Gasteiger partial charge in [-0.2, -0.15) is 0 Å². The highest BCUT2D eigenvalue weighted by molar-refractivity contribution is 5.04. The fourth-order valence-corrected chi connectivity index (χ4v) is 3.29. The van der Waals surface area contributed by atoms with Crippen molar-refractivity contribution in [2.24, 2.45) is 0 Å². The average Bonchev–Trinajstić information content (AvgIpc) is 3.12. The van der Waals surface area contributed by atoms with E-state index in [-0.39, 0.29) is 11.2 Å². The van der Waals surface area contributed by atoms with Crippen LogP contribution in [-0.4, -0.2) is 22.4 Å². The zero-order valence-electron chi connectivity index (χ0n) is 16.4. The molecule has 2 saturated carbocycles. The molecule has 0 N–H and O–H groups in total. The van der Waals surface area contributed by atoms with Crippen LogP contribution in [0.1, 0.15) is 92.9 Å². The van der Waals surface area contributed by atoms with Crippen LogP contribution in [0.15, 0.2) is 12.2 Å². The van der Waals surface area contributed by atoms with Crippen molar-refractivity contribution in [2.75, 3.05) is 0 Å². The van der Waals surface area contributed by atoms with E-state index in [4.69, 9.17) is 19.6 Å². The van der Waals surface area contributed by atoms with E-state index < -0.39 is 11.2 Å². The highest BCUT2D eigenvalue weighted by Crippen LogP contribution is 2.35. The van der Waals surface area contributed by atoms with Crippen LogP contribution in [0.25, 0.3) is 0 Å². The van der Waals surface area contributed by atoms with Crippen molar-refractivity contribution in [3.63, 3.8) is 0 Å². The lowest BCUT2D eigenvalue weighted by atomic mass is 10.0. The van der Waals surface area contributed by atoms with Crippen LogP contribution in [0.2, 0.25) is 0 Å². The standard InChI is InChI=1S/C20H36O4/c1-17(2,21-23-19(5)11-7-8-12-19)15-16-18(3,4)22-24-20(6)13-9-10-14-20/h15-16H,7-14H2,1-6H3. The van der Waals surface area contributed by atoms with Gasteiger partial charge in [0.1, 0.15) is 22.4 Å². The lowest BCUT2D eigenvalue weighted by Gasteiger charge is -2.31. The fraction of sp³-hybridized carbons (Fsp3) is 0.900. The van der Waals surface area contributed by atoms with Crippen molar-refractivity contribution in [3.05, 3.63) is 12.2 Å². The summed E-state index contributed by atoms with van der Waals surface area (Å²) < 4.78 is 0. The molecule has 0 aromatic heterocycles. The van der Waals surface area contributed by atoms with Crippen LogP contribution < -0.4 is 0 Å². The van der Waals surface area contributed by atoms with Gasteiger partial charge in [0.15, 0.2) is 0 Å². The molecule has 0 atom stereocenters. The third kappa shape index (κ3) is 6.14.